The summed E-state index contributed by atoms with van der Waals surface area (Å²) in [5, 5.41) is 18.6. The number of rotatable bonds is 1. The molecule has 0 unspecified atom stereocenters. The van der Waals surface area contributed by atoms with Gasteiger partial charge in [-0.2, -0.15) is 5.26 Å². The van der Waals surface area contributed by atoms with Crippen LogP contribution >= 0.6 is 0 Å². The van der Waals surface area contributed by atoms with Crippen LogP contribution in [0, 0.1) is 11.3 Å². The quantitative estimate of drug-likeness (QED) is 0.609. The molecule has 12 heavy (non-hydrogen) atoms. The predicted octanol–water partition coefficient (Wildman–Crippen LogP) is 0.745. The molecule has 0 aromatic rings. The van der Waals surface area contributed by atoms with Gasteiger partial charge in [-0.25, -0.2) is 0 Å². The van der Waals surface area contributed by atoms with Crippen LogP contribution in [0.3, 0.4) is 0 Å². The van der Waals surface area contributed by atoms with Gasteiger partial charge < -0.3 is 10.4 Å². The highest BCUT2D eigenvalue weighted by atomic mass is 16.4. The fourth-order valence-corrected chi connectivity index (χ4v) is 0.869. The third-order valence-electron chi connectivity index (χ3n) is 1.44. The topological polar surface area (TPSA) is 73.1 Å². The molecule has 4 heteroatoms. The van der Waals surface area contributed by atoms with Gasteiger partial charge in [0.1, 0.15) is 6.42 Å². The highest BCUT2D eigenvalue weighted by molar-refractivity contribution is 5.69. The Bertz CT molecular complexity index is 147. The fraction of sp³-hybridized carbons (Fsp3) is 0.750. The minimum atomic E-state index is -1.07. The summed E-state index contributed by atoms with van der Waals surface area (Å²) in [4.78, 5) is 9.38. The zero-order chi connectivity index (χ0) is 9.23. The van der Waals surface area contributed by atoms with Crippen molar-refractivity contribution in [3.8, 4) is 6.07 Å². The molecule has 68 valence electrons. The highest BCUT2D eigenvalue weighted by Gasteiger charge is 1.93. The Labute approximate surface area is 72.2 Å². The zero-order valence-corrected chi connectivity index (χ0v) is 7.05. The number of piperidine rings is 1. The second kappa shape index (κ2) is 8.02. The summed E-state index contributed by atoms with van der Waals surface area (Å²) in [5.74, 6) is -1.07. The van der Waals surface area contributed by atoms with E-state index >= 15 is 0 Å². The van der Waals surface area contributed by atoms with E-state index in [4.69, 9.17) is 10.4 Å². The molecule has 1 fully saturated rings. The molecule has 0 radical (unpaired) electrons. The molecule has 1 aliphatic heterocycles. The highest BCUT2D eigenvalue weighted by Crippen LogP contribution is 1.96. The maximum Gasteiger partial charge on any atom is 0.317 e. The fourth-order valence-electron chi connectivity index (χ4n) is 0.869. The number of hydrogen-bond donors (Lipinski definition) is 2. The Balaban J connectivity index is 0.000000202. The Morgan fingerprint density at radius 2 is 2.00 bits per heavy atom. The summed E-state index contributed by atoms with van der Waals surface area (Å²) in [7, 11) is 0. The van der Waals surface area contributed by atoms with E-state index in [1.165, 1.54) is 38.4 Å². The minimum absolute atomic E-state index is 0.403. The molecule has 0 aliphatic carbocycles. The van der Waals surface area contributed by atoms with E-state index in [2.05, 4.69) is 5.32 Å². The molecule has 1 aliphatic rings. The molecular formula is C8H14N2O2. The Kier molecular flexibility index (Phi) is 7.30. The van der Waals surface area contributed by atoms with Crippen LogP contribution in [-0.2, 0) is 4.79 Å². The van der Waals surface area contributed by atoms with Crippen LogP contribution in [0.5, 0.6) is 0 Å². The van der Waals surface area contributed by atoms with Crippen LogP contribution < -0.4 is 5.32 Å². The van der Waals surface area contributed by atoms with E-state index in [0.717, 1.165) is 0 Å². The number of nitrogens with one attached hydrogen (secondary N) is 1. The van der Waals surface area contributed by atoms with Gasteiger partial charge in [-0.1, -0.05) is 6.42 Å². The second-order valence-corrected chi connectivity index (χ2v) is 2.54. The summed E-state index contributed by atoms with van der Waals surface area (Å²) < 4.78 is 0. The summed E-state index contributed by atoms with van der Waals surface area (Å²) in [6.07, 6.45) is 3.81. The third kappa shape index (κ3) is 8.92. The molecule has 1 heterocycles. The van der Waals surface area contributed by atoms with Crippen LogP contribution in [0.25, 0.3) is 0 Å². The van der Waals surface area contributed by atoms with Crippen molar-refractivity contribution in [1.82, 2.24) is 5.32 Å². The van der Waals surface area contributed by atoms with Crippen molar-refractivity contribution >= 4 is 5.97 Å². The Morgan fingerprint density at radius 1 is 1.42 bits per heavy atom. The number of nitrogens with zero attached hydrogens (tertiary/aromatic N) is 1. The number of nitriles is 1. The first-order chi connectivity index (χ1) is 5.77. The van der Waals surface area contributed by atoms with Gasteiger partial charge in [-0.05, 0) is 25.9 Å². The zero-order valence-electron chi connectivity index (χ0n) is 7.05. The van der Waals surface area contributed by atoms with Gasteiger partial charge in [0, 0.05) is 0 Å². The van der Waals surface area contributed by atoms with E-state index < -0.39 is 12.4 Å². The summed E-state index contributed by atoms with van der Waals surface area (Å²) >= 11 is 0. The molecule has 0 saturated carbocycles. The molecule has 0 bridgehead atoms. The summed E-state index contributed by atoms with van der Waals surface area (Å²) in [5.41, 5.74) is 0. The van der Waals surface area contributed by atoms with Crippen LogP contribution in [0.2, 0.25) is 0 Å². The van der Waals surface area contributed by atoms with Gasteiger partial charge in [-0.3, -0.25) is 4.79 Å². The van der Waals surface area contributed by atoms with Gasteiger partial charge >= 0.3 is 5.97 Å². The number of hydrogen-bond acceptors (Lipinski definition) is 3. The van der Waals surface area contributed by atoms with Crippen molar-refractivity contribution in [3.05, 3.63) is 0 Å². The van der Waals surface area contributed by atoms with Crippen molar-refractivity contribution < 1.29 is 9.90 Å². The van der Waals surface area contributed by atoms with Crippen molar-refractivity contribution in [2.75, 3.05) is 13.1 Å². The van der Waals surface area contributed by atoms with E-state index in [9.17, 15) is 4.79 Å². The molecule has 0 atom stereocenters. The van der Waals surface area contributed by atoms with Crippen molar-refractivity contribution in [2.24, 2.45) is 0 Å². The number of aliphatic carboxylic acids is 1. The molecule has 4 nitrogen and oxygen atoms in total. The summed E-state index contributed by atoms with van der Waals surface area (Å²) in [6.45, 7) is 2.50. The first-order valence-electron chi connectivity index (χ1n) is 4.07. The van der Waals surface area contributed by atoms with Crippen LogP contribution in [0.4, 0.5) is 0 Å². The molecule has 0 aromatic heterocycles. The average Bonchev–Trinajstić information content (AvgIpc) is 2.08. The molecule has 1 saturated heterocycles. The number of carbonyl (C=O) groups is 1. The SMILES string of the molecule is C1CCNCC1.N#CCC(=O)O. The molecular weight excluding hydrogens is 156 g/mol. The second-order valence-electron chi connectivity index (χ2n) is 2.54. The number of carboxylic acids is 1. The lowest BCUT2D eigenvalue weighted by Crippen LogP contribution is -2.21. The van der Waals surface area contributed by atoms with Gasteiger partial charge in [-0.15, -0.1) is 0 Å². The maximum atomic E-state index is 9.38. The molecule has 0 aromatic carbocycles. The maximum absolute atomic E-state index is 9.38. The van der Waals surface area contributed by atoms with Crippen LogP contribution in [0.1, 0.15) is 25.7 Å². The first-order valence-corrected chi connectivity index (χ1v) is 4.07. The van der Waals surface area contributed by atoms with E-state index in [1.54, 1.807) is 0 Å². The van der Waals surface area contributed by atoms with E-state index in [-0.39, 0.29) is 0 Å². The van der Waals surface area contributed by atoms with Gasteiger partial charge in [0.2, 0.25) is 0 Å². The average molecular weight is 170 g/mol. The van der Waals surface area contributed by atoms with Gasteiger partial charge in [0.15, 0.2) is 0 Å². The van der Waals surface area contributed by atoms with Gasteiger partial charge in [0.25, 0.3) is 0 Å². The lowest BCUT2D eigenvalue weighted by atomic mass is 10.2. The van der Waals surface area contributed by atoms with E-state index in [0.29, 0.717) is 0 Å². The lowest BCUT2D eigenvalue weighted by Gasteiger charge is -2.08. The lowest BCUT2D eigenvalue weighted by molar-refractivity contribution is -0.135. The van der Waals surface area contributed by atoms with Crippen molar-refractivity contribution in [1.29, 1.82) is 5.26 Å². The first kappa shape index (κ1) is 10.9. The van der Waals surface area contributed by atoms with Crippen molar-refractivity contribution in [3.63, 3.8) is 0 Å². The minimum Gasteiger partial charge on any atom is -0.480 e. The third-order valence-corrected chi connectivity index (χ3v) is 1.44. The van der Waals surface area contributed by atoms with Crippen LogP contribution in [-0.4, -0.2) is 24.2 Å². The monoisotopic (exact) mass is 170 g/mol. The van der Waals surface area contributed by atoms with Crippen LogP contribution in [0.15, 0.2) is 0 Å². The Hall–Kier alpha value is -1.08. The normalized spacial score (nSPS) is 15.2. The van der Waals surface area contributed by atoms with E-state index in [1.807, 2.05) is 0 Å². The largest absolute Gasteiger partial charge is 0.480 e. The standard InChI is InChI=1S/C5H11N.C3H3NO2/c1-2-4-6-5-3-1;4-2-1-3(5)6/h6H,1-5H2;1H2,(H,5,6). The number of carboxylic acid groups (broad SMARTS) is 1. The van der Waals surface area contributed by atoms with Gasteiger partial charge in [0.05, 0.1) is 6.07 Å². The molecule has 0 amide bonds. The van der Waals surface area contributed by atoms with Crippen molar-refractivity contribution in [2.45, 2.75) is 25.7 Å². The smallest absolute Gasteiger partial charge is 0.317 e. The Morgan fingerprint density at radius 3 is 2.08 bits per heavy atom. The molecule has 1 rings (SSSR count). The predicted molar refractivity (Wildman–Crippen MR) is 44.6 cm³/mol. The molecule has 2 N–H and O–H groups in total. The molecule has 0 spiro atoms. The summed E-state index contributed by atoms with van der Waals surface area (Å²) in [6, 6.07) is 1.47.